The summed E-state index contributed by atoms with van der Waals surface area (Å²) in [6.45, 7) is 2.40. The fraction of sp³-hybridized carbons (Fsp3) is 0.143. The lowest BCUT2D eigenvalue weighted by molar-refractivity contribution is 0.0949. The van der Waals surface area contributed by atoms with E-state index in [2.05, 4.69) is 15.6 Å². The number of amides is 1. The van der Waals surface area contributed by atoms with Crippen molar-refractivity contribution in [3.8, 4) is 0 Å². The molecule has 1 amide bonds. The number of fused-ring (bicyclic) bond motifs is 1. The van der Waals surface area contributed by atoms with Gasteiger partial charge in [-0.1, -0.05) is 61.5 Å². The van der Waals surface area contributed by atoms with E-state index in [1.165, 1.54) is 10.9 Å². The molecule has 6 heteroatoms. The SMILES string of the molecule is CCCn1nc(C(=O)N/N=C\C=C\c2ccccc2)c2ccccc2c1=O. The van der Waals surface area contributed by atoms with Gasteiger partial charge in [-0.25, -0.2) is 10.1 Å². The van der Waals surface area contributed by atoms with E-state index < -0.39 is 5.91 Å². The van der Waals surface area contributed by atoms with Crippen LogP contribution in [-0.4, -0.2) is 21.9 Å². The van der Waals surface area contributed by atoms with Gasteiger partial charge in [0.25, 0.3) is 11.5 Å². The number of aromatic nitrogens is 2. The van der Waals surface area contributed by atoms with Gasteiger partial charge in [-0.05, 0) is 24.1 Å². The fourth-order valence-corrected chi connectivity index (χ4v) is 2.68. The zero-order valence-electron chi connectivity index (χ0n) is 15.0. The summed E-state index contributed by atoms with van der Waals surface area (Å²) >= 11 is 0. The molecular weight excluding hydrogens is 340 g/mol. The standard InChI is InChI=1S/C21H20N4O2/c1-2-15-25-21(27)18-13-7-6-12-17(18)19(24-25)20(26)23-22-14-8-11-16-9-4-3-5-10-16/h3-14H,2,15H2,1H3,(H,23,26)/b11-8+,22-14-. The highest BCUT2D eigenvalue weighted by Crippen LogP contribution is 2.13. The Labute approximate surface area is 156 Å². The van der Waals surface area contributed by atoms with Crippen molar-refractivity contribution in [2.75, 3.05) is 0 Å². The van der Waals surface area contributed by atoms with Crippen molar-refractivity contribution in [2.45, 2.75) is 19.9 Å². The Kier molecular flexibility index (Phi) is 5.89. The molecule has 27 heavy (non-hydrogen) atoms. The molecule has 0 aliphatic heterocycles. The first-order valence-electron chi connectivity index (χ1n) is 8.75. The largest absolute Gasteiger partial charge is 0.292 e. The third-order valence-corrected chi connectivity index (χ3v) is 3.93. The summed E-state index contributed by atoms with van der Waals surface area (Å²) in [6, 6.07) is 16.7. The van der Waals surface area contributed by atoms with Crippen molar-refractivity contribution in [1.82, 2.24) is 15.2 Å². The molecule has 0 aliphatic rings. The van der Waals surface area contributed by atoms with E-state index in [4.69, 9.17) is 0 Å². The van der Waals surface area contributed by atoms with Crippen LogP contribution in [0.3, 0.4) is 0 Å². The Morgan fingerprint density at radius 2 is 1.81 bits per heavy atom. The molecule has 0 aliphatic carbocycles. The van der Waals surface area contributed by atoms with Crippen molar-refractivity contribution >= 4 is 29.0 Å². The maximum absolute atomic E-state index is 12.5. The third kappa shape index (κ3) is 4.36. The van der Waals surface area contributed by atoms with Gasteiger partial charge in [0.1, 0.15) is 0 Å². The van der Waals surface area contributed by atoms with Crippen molar-refractivity contribution in [3.05, 3.63) is 82.3 Å². The summed E-state index contributed by atoms with van der Waals surface area (Å²) in [5.74, 6) is -0.458. The topological polar surface area (TPSA) is 76.3 Å². The lowest BCUT2D eigenvalue weighted by Crippen LogP contribution is -2.29. The van der Waals surface area contributed by atoms with Crippen LogP contribution in [-0.2, 0) is 6.54 Å². The van der Waals surface area contributed by atoms with Crippen LogP contribution in [0.4, 0.5) is 0 Å². The number of nitrogens with one attached hydrogen (secondary N) is 1. The predicted molar refractivity (Wildman–Crippen MR) is 108 cm³/mol. The summed E-state index contributed by atoms with van der Waals surface area (Å²) in [4.78, 5) is 25.0. The number of benzene rings is 2. The number of nitrogens with zero attached hydrogens (tertiary/aromatic N) is 3. The van der Waals surface area contributed by atoms with Gasteiger partial charge in [0.05, 0.1) is 5.39 Å². The molecule has 0 bridgehead atoms. The molecule has 1 N–H and O–H groups in total. The average molecular weight is 360 g/mol. The van der Waals surface area contributed by atoms with Crippen LogP contribution in [0.25, 0.3) is 16.8 Å². The summed E-state index contributed by atoms with van der Waals surface area (Å²) in [6.07, 6.45) is 5.85. The smallest absolute Gasteiger partial charge is 0.267 e. The van der Waals surface area contributed by atoms with Gasteiger partial charge >= 0.3 is 0 Å². The number of hydrogen-bond donors (Lipinski definition) is 1. The van der Waals surface area contributed by atoms with Crippen molar-refractivity contribution in [3.63, 3.8) is 0 Å². The van der Waals surface area contributed by atoms with E-state index in [-0.39, 0.29) is 11.3 Å². The summed E-state index contributed by atoms with van der Waals surface area (Å²) < 4.78 is 1.33. The van der Waals surface area contributed by atoms with Crippen LogP contribution in [0, 0.1) is 0 Å². The molecule has 0 saturated carbocycles. The second-order valence-corrected chi connectivity index (χ2v) is 5.91. The Morgan fingerprint density at radius 3 is 2.56 bits per heavy atom. The first-order valence-corrected chi connectivity index (χ1v) is 8.75. The Bertz CT molecular complexity index is 1050. The first kappa shape index (κ1) is 18.3. The fourth-order valence-electron chi connectivity index (χ4n) is 2.68. The minimum atomic E-state index is -0.458. The van der Waals surface area contributed by atoms with Crippen LogP contribution in [0.15, 0.2) is 70.6 Å². The maximum Gasteiger partial charge on any atom is 0.292 e. The number of rotatable bonds is 6. The molecule has 0 radical (unpaired) electrons. The van der Waals surface area contributed by atoms with Gasteiger partial charge in [-0.15, -0.1) is 0 Å². The second-order valence-electron chi connectivity index (χ2n) is 5.91. The molecule has 136 valence electrons. The Morgan fingerprint density at radius 1 is 1.11 bits per heavy atom. The minimum Gasteiger partial charge on any atom is -0.267 e. The monoisotopic (exact) mass is 360 g/mol. The molecular formula is C21H20N4O2. The molecule has 1 aromatic heterocycles. The van der Waals surface area contributed by atoms with Gasteiger partial charge in [-0.3, -0.25) is 9.59 Å². The maximum atomic E-state index is 12.5. The number of hydrazone groups is 1. The molecule has 3 aromatic rings. The molecule has 0 spiro atoms. The van der Waals surface area contributed by atoms with Crippen LogP contribution >= 0.6 is 0 Å². The Hall–Kier alpha value is -3.54. The second kappa shape index (κ2) is 8.71. The van der Waals surface area contributed by atoms with Gasteiger partial charge in [0.15, 0.2) is 5.69 Å². The summed E-state index contributed by atoms with van der Waals surface area (Å²) in [5.41, 5.74) is 3.49. The van der Waals surface area contributed by atoms with Crippen LogP contribution in [0.2, 0.25) is 0 Å². The van der Waals surface area contributed by atoms with E-state index >= 15 is 0 Å². The zero-order chi connectivity index (χ0) is 19.1. The molecule has 2 aromatic carbocycles. The molecule has 0 atom stereocenters. The van der Waals surface area contributed by atoms with E-state index in [9.17, 15) is 9.59 Å². The van der Waals surface area contributed by atoms with Crippen LogP contribution in [0.1, 0.15) is 29.4 Å². The van der Waals surface area contributed by atoms with E-state index in [0.29, 0.717) is 17.3 Å². The van der Waals surface area contributed by atoms with Gasteiger partial charge in [-0.2, -0.15) is 10.2 Å². The number of allylic oxidation sites excluding steroid dienone is 1. The van der Waals surface area contributed by atoms with Crippen molar-refractivity contribution in [2.24, 2.45) is 5.10 Å². The lowest BCUT2D eigenvalue weighted by atomic mass is 10.1. The molecule has 0 saturated heterocycles. The number of hydrogen-bond acceptors (Lipinski definition) is 4. The van der Waals surface area contributed by atoms with Crippen LogP contribution < -0.4 is 11.0 Å². The average Bonchev–Trinajstić information content (AvgIpc) is 2.70. The van der Waals surface area contributed by atoms with Crippen LogP contribution in [0.5, 0.6) is 0 Å². The van der Waals surface area contributed by atoms with Gasteiger partial charge < -0.3 is 0 Å². The third-order valence-electron chi connectivity index (χ3n) is 3.93. The van der Waals surface area contributed by atoms with E-state index in [1.54, 1.807) is 30.3 Å². The molecule has 6 nitrogen and oxygen atoms in total. The van der Waals surface area contributed by atoms with Crippen molar-refractivity contribution < 1.29 is 4.79 Å². The Balaban J connectivity index is 1.81. The number of carbonyl (C=O) groups is 1. The normalized spacial score (nSPS) is 11.4. The molecule has 0 unspecified atom stereocenters. The molecule has 3 rings (SSSR count). The highest BCUT2D eigenvalue weighted by molar-refractivity contribution is 6.04. The number of carbonyl (C=O) groups excluding carboxylic acids is 1. The predicted octanol–water partition coefficient (Wildman–Crippen LogP) is 3.24. The van der Waals surface area contributed by atoms with E-state index in [1.807, 2.05) is 43.3 Å². The first-order chi connectivity index (χ1) is 13.2. The van der Waals surface area contributed by atoms with Gasteiger partial charge in [0.2, 0.25) is 0 Å². The molecule has 0 fully saturated rings. The number of aryl methyl sites for hydroxylation is 1. The minimum absolute atomic E-state index is 0.183. The lowest BCUT2D eigenvalue weighted by Gasteiger charge is -2.09. The summed E-state index contributed by atoms with van der Waals surface area (Å²) in [5, 5.41) is 9.15. The zero-order valence-corrected chi connectivity index (χ0v) is 15.0. The van der Waals surface area contributed by atoms with Gasteiger partial charge in [0, 0.05) is 18.1 Å². The molecule has 1 heterocycles. The van der Waals surface area contributed by atoms with Crippen molar-refractivity contribution in [1.29, 1.82) is 0 Å². The quantitative estimate of drug-likeness (QED) is 0.542. The summed E-state index contributed by atoms with van der Waals surface area (Å²) in [7, 11) is 0. The van der Waals surface area contributed by atoms with E-state index in [0.717, 1.165) is 12.0 Å². The highest BCUT2D eigenvalue weighted by atomic mass is 16.2. The highest BCUT2D eigenvalue weighted by Gasteiger charge is 2.15.